The number of aliphatic hydroxyl groups is 1. The van der Waals surface area contributed by atoms with E-state index in [0.29, 0.717) is 0 Å². The molecule has 0 aromatic heterocycles. The first-order chi connectivity index (χ1) is 4.20. The maximum atomic E-state index is 10.4. The molecule has 1 rings (SSSR count). The molecule has 0 saturated carbocycles. The molecule has 3 nitrogen and oxygen atoms in total. The summed E-state index contributed by atoms with van der Waals surface area (Å²) in [5.41, 5.74) is 0. The number of hydrogen-bond acceptors (Lipinski definition) is 3. The first kappa shape index (κ1) is 6.29. The van der Waals surface area contributed by atoms with Gasteiger partial charge in [0.25, 0.3) is 0 Å². The monoisotopic (exact) mass is 128 g/mol. The summed E-state index contributed by atoms with van der Waals surface area (Å²) in [5.74, 6) is -0.382. The van der Waals surface area contributed by atoms with Gasteiger partial charge in [-0.15, -0.1) is 0 Å². The van der Waals surface area contributed by atoms with Gasteiger partial charge in [0, 0.05) is 6.08 Å². The number of hydrogen-bond donors (Lipinski definition) is 1. The first-order valence-electron chi connectivity index (χ1n) is 2.77. The summed E-state index contributed by atoms with van der Waals surface area (Å²) < 4.78 is 4.62. The molecular weight excluding hydrogens is 120 g/mol. The summed E-state index contributed by atoms with van der Waals surface area (Å²) in [6, 6.07) is 0. The predicted molar refractivity (Wildman–Crippen MR) is 30.7 cm³/mol. The lowest BCUT2D eigenvalue weighted by Gasteiger charge is -2.18. The molecule has 1 aliphatic rings. The Morgan fingerprint density at radius 2 is 2.44 bits per heavy atom. The Bertz CT molecular complexity index is 150. The number of esters is 1. The molecule has 50 valence electrons. The number of aliphatic hydroxyl groups excluding tert-OH is 1. The normalized spacial score (nSPS) is 34.2. The van der Waals surface area contributed by atoms with Crippen LogP contribution in [0.1, 0.15) is 6.92 Å². The maximum Gasteiger partial charge on any atom is 0.330 e. The van der Waals surface area contributed by atoms with Gasteiger partial charge in [-0.2, -0.15) is 0 Å². The van der Waals surface area contributed by atoms with E-state index in [2.05, 4.69) is 4.74 Å². The van der Waals surface area contributed by atoms with Crippen molar-refractivity contribution in [1.29, 1.82) is 0 Å². The number of carbonyl (C=O) groups excluding carboxylic acids is 1. The lowest BCUT2D eigenvalue weighted by atomic mass is 10.2. The standard InChI is InChI=1S/C6H8O3/c1-4-5(7)2-3-6(8)9-4/h2-5,7H,1H3/t4-,5-/m0/s1. The molecule has 0 aromatic rings. The first-order valence-corrected chi connectivity index (χ1v) is 2.77. The highest BCUT2D eigenvalue weighted by Gasteiger charge is 2.18. The Morgan fingerprint density at radius 1 is 1.78 bits per heavy atom. The van der Waals surface area contributed by atoms with Crippen LogP contribution in [0.4, 0.5) is 0 Å². The second kappa shape index (κ2) is 2.19. The largest absolute Gasteiger partial charge is 0.456 e. The third-order valence-electron chi connectivity index (χ3n) is 1.21. The molecule has 0 radical (unpaired) electrons. The fourth-order valence-corrected chi connectivity index (χ4v) is 0.626. The maximum absolute atomic E-state index is 10.4. The van der Waals surface area contributed by atoms with E-state index in [-0.39, 0.29) is 5.97 Å². The van der Waals surface area contributed by atoms with Crippen LogP contribution in [0.2, 0.25) is 0 Å². The molecule has 0 saturated heterocycles. The van der Waals surface area contributed by atoms with Crippen molar-refractivity contribution in [1.82, 2.24) is 0 Å². The second-order valence-corrected chi connectivity index (χ2v) is 1.99. The molecule has 0 amide bonds. The van der Waals surface area contributed by atoms with Gasteiger partial charge in [0.1, 0.15) is 12.2 Å². The predicted octanol–water partition coefficient (Wildman–Crippen LogP) is -0.151. The molecule has 0 aliphatic carbocycles. The average Bonchev–Trinajstić information content (AvgIpc) is 1.80. The van der Waals surface area contributed by atoms with E-state index in [1.54, 1.807) is 6.92 Å². The van der Waals surface area contributed by atoms with E-state index in [9.17, 15) is 4.79 Å². The van der Waals surface area contributed by atoms with Crippen LogP contribution < -0.4 is 0 Å². The summed E-state index contributed by atoms with van der Waals surface area (Å²) in [4.78, 5) is 10.4. The highest BCUT2D eigenvalue weighted by molar-refractivity contribution is 5.83. The Labute approximate surface area is 52.9 Å². The van der Waals surface area contributed by atoms with E-state index in [4.69, 9.17) is 5.11 Å². The minimum Gasteiger partial charge on any atom is -0.456 e. The Hall–Kier alpha value is -0.830. The fourth-order valence-electron chi connectivity index (χ4n) is 0.626. The van der Waals surface area contributed by atoms with Gasteiger partial charge in [0.15, 0.2) is 0 Å². The highest BCUT2D eigenvalue weighted by atomic mass is 16.6. The van der Waals surface area contributed by atoms with E-state index in [1.807, 2.05) is 0 Å². The number of ether oxygens (including phenoxy) is 1. The van der Waals surface area contributed by atoms with Gasteiger partial charge in [-0.3, -0.25) is 0 Å². The van der Waals surface area contributed by atoms with Gasteiger partial charge >= 0.3 is 5.97 Å². The van der Waals surface area contributed by atoms with E-state index >= 15 is 0 Å². The Balaban J connectivity index is 2.65. The van der Waals surface area contributed by atoms with Gasteiger partial charge in [-0.05, 0) is 13.0 Å². The molecule has 1 aliphatic heterocycles. The van der Waals surface area contributed by atoms with Crippen LogP contribution in [0.15, 0.2) is 12.2 Å². The topological polar surface area (TPSA) is 46.5 Å². The fraction of sp³-hybridized carbons (Fsp3) is 0.500. The summed E-state index contributed by atoms with van der Waals surface area (Å²) in [6.45, 7) is 1.64. The zero-order valence-corrected chi connectivity index (χ0v) is 5.07. The molecule has 3 heteroatoms. The molecule has 1 heterocycles. The molecule has 9 heavy (non-hydrogen) atoms. The van der Waals surface area contributed by atoms with Crippen molar-refractivity contribution in [3.63, 3.8) is 0 Å². The van der Waals surface area contributed by atoms with Gasteiger partial charge in [0.05, 0.1) is 0 Å². The lowest BCUT2D eigenvalue weighted by molar-refractivity contribution is -0.148. The van der Waals surface area contributed by atoms with Crippen molar-refractivity contribution in [2.45, 2.75) is 19.1 Å². The molecule has 0 spiro atoms. The van der Waals surface area contributed by atoms with E-state index < -0.39 is 12.2 Å². The zero-order chi connectivity index (χ0) is 6.85. The lowest BCUT2D eigenvalue weighted by Crippen LogP contribution is -2.29. The SMILES string of the molecule is C[C@@H]1OC(=O)C=C[C@@H]1O. The summed E-state index contributed by atoms with van der Waals surface area (Å²) in [7, 11) is 0. The van der Waals surface area contributed by atoms with Crippen LogP contribution in [0.25, 0.3) is 0 Å². The van der Waals surface area contributed by atoms with Crippen molar-refractivity contribution >= 4 is 5.97 Å². The molecule has 1 N–H and O–H groups in total. The third kappa shape index (κ3) is 1.29. The van der Waals surface area contributed by atoms with Crippen LogP contribution >= 0.6 is 0 Å². The molecule has 0 bridgehead atoms. The van der Waals surface area contributed by atoms with Crippen LogP contribution in [0.5, 0.6) is 0 Å². The van der Waals surface area contributed by atoms with E-state index in [0.717, 1.165) is 0 Å². The highest BCUT2D eigenvalue weighted by Crippen LogP contribution is 2.06. The average molecular weight is 128 g/mol. The van der Waals surface area contributed by atoms with Crippen LogP contribution in [0, 0.1) is 0 Å². The van der Waals surface area contributed by atoms with Crippen LogP contribution in [0.3, 0.4) is 0 Å². The van der Waals surface area contributed by atoms with Crippen LogP contribution in [-0.4, -0.2) is 23.3 Å². The van der Waals surface area contributed by atoms with Gasteiger partial charge in [0.2, 0.25) is 0 Å². The minimum atomic E-state index is -0.636. The molecular formula is C6H8O3. The number of carbonyl (C=O) groups is 1. The minimum absolute atomic E-state index is 0.382. The summed E-state index contributed by atoms with van der Waals surface area (Å²) in [6.07, 6.45) is 1.62. The van der Waals surface area contributed by atoms with Crippen molar-refractivity contribution in [3.05, 3.63) is 12.2 Å². The van der Waals surface area contributed by atoms with Crippen molar-refractivity contribution in [2.24, 2.45) is 0 Å². The van der Waals surface area contributed by atoms with Crippen molar-refractivity contribution in [3.8, 4) is 0 Å². The smallest absolute Gasteiger partial charge is 0.330 e. The van der Waals surface area contributed by atoms with Crippen molar-refractivity contribution < 1.29 is 14.6 Å². The molecule has 0 unspecified atom stereocenters. The molecule has 2 atom stereocenters. The quantitative estimate of drug-likeness (QED) is 0.461. The zero-order valence-electron chi connectivity index (χ0n) is 5.07. The van der Waals surface area contributed by atoms with E-state index in [1.165, 1.54) is 12.2 Å². The van der Waals surface area contributed by atoms with Gasteiger partial charge in [-0.1, -0.05) is 0 Å². The molecule has 0 fully saturated rings. The molecule has 0 aromatic carbocycles. The summed E-state index contributed by atoms with van der Waals surface area (Å²) >= 11 is 0. The Morgan fingerprint density at radius 3 is 2.89 bits per heavy atom. The van der Waals surface area contributed by atoms with Crippen LogP contribution in [-0.2, 0) is 9.53 Å². The Kier molecular flexibility index (Phi) is 1.53. The van der Waals surface area contributed by atoms with Gasteiger partial charge in [-0.25, -0.2) is 4.79 Å². The third-order valence-corrected chi connectivity index (χ3v) is 1.21. The summed E-state index contributed by atoms with van der Waals surface area (Å²) in [5, 5.41) is 8.93. The number of cyclic esters (lactones) is 1. The van der Waals surface area contributed by atoms with Crippen molar-refractivity contribution in [2.75, 3.05) is 0 Å². The number of rotatable bonds is 0. The van der Waals surface area contributed by atoms with Gasteiger partial charge < -0.3 is 9.84 Å². The second-order valence-electron chi connectivity index (χ2n) is 1.99.